The number of nitrogens with one attached hydrogen (secondary N) is 1. The highest BCUT2D eigenvalue weighted by molar-refractivity contribution is 6.31. The molecule has 0 bridgehead atoms. The van der Waals surface area contributed by atoms with Crippen LogP contribution < -0.4 is 5.32 Å². The van der Waals surface area contributed by atoms with Gasteiger partial charge in [0.1, 0.15) is 11.9 Å². The van der Waals surface area contributed by atoms with Crippen LogP contribution >= 0.6 is 11.6 Å². The van der Waals surface area contributed by atoms with Crippen LogP contribution in [0.3, 0.4) is 0 Å². The van der Waals surface area contributed by atoms with Gasteiger partial charge in [-0.3, -0.25) is 0 Å². The zero-order valence-electron chi connectivity index (χ0n) is 10.3. The Kier molecular flexibility index (Phi) is 4.05. The average molecular weight is 315 g/mol. The molecule has 2 rings (SSSR count). The summed E-state index contributed by atoms with van der Waals surface area (Å²) in [5.74, 6) is -0.763. The summed E-state index contributed by atoms with van der Waals surface area (Å²) >= 11 is 5.64. The summed E-state index contributed by atoms with van der Waals surface area (Å²) in [6.45, 7) is 0. The van der Waals surface area contributed by atoms with Crippen LogP contribution in [0.1, 0.15) is 11.1 Å². The fourth-order valence-electron chi connectivity index (χ4n) is 1.68. The van der Waals surface area contributed by atoms with E-state index in [-0.39, 0.29) is 22.0 Å². The highest BCUT2D eigenvalue weighted by Crippen LogP contribution is 2.34. The smallest absolute Gasteiger partial charge is 0.355 e. The molecule has 0 spiro atoms. The van der Waals surface area contributed by atoms with Crippen molar-refractivity contribution < 1.29 is 17.6 Å². The normalized spacial score (nSPS) is 11.0. The SMILES string of the molecule is N#Cc1ccc(Nc2cc(Cl)cc(C(F)(F)F)c2)cc1F. The standard InChI is InChI=1S/C14H7ClF4N2/c15-10-3-9(14(17,18)19)4-12(5-10)21-11-2-1-8(7-20)13(16)6-11/h1-6,21H. The number of nitrogens with zero attached hydrogens (tertiary/aromatic N) is 1. The van der Waals surface area contributed by atoms with Crippen molar-refractivity contribution in [3.05, 3.63) is 58.4 Å². The zero-order valence-corrected chi connectivity index (χ0v) is 11.1. The molecule has 0 aliphatic heterocycles. The predicted octanol–water partition coefficient (Wildman–Crippen LogP) is 5.11. The summed E-state index contributed by atoms with van der Waals surface area (Å²) in [5.41, 5.74) is -0.782. The summed E-state index contributed by atoms with van der Waals surface area (Å²) in [4.78, 5) is 0. The molecule has 108 valence electrons. The van der Waals surface area contributed by atoms with Crippen LogP contribution in [-0.4, -0.2) is 0 Å². The minimum atomic E-state index is -4.53. The molecule has 0 heterocycles. The molecule has 21 heavy (non-hydrogen) atoms. The van der Waals surface area contributed by atoms with Gasteiger partial charge < -0.3 is 5.32 Å². The van der Waals surface area contributed by atoms with E-state index in [1.165, 1.54) is 18.2 Å². The van der Waals surface area contributed by atoms with Crippen LogP contribution in [0.4, 0.5) is 28.9 Å². The third-order valence-corrected chi connectivity index (χ3v) is 2.82. The van der Waals surface area contributed by atoms with E-state index in [1.54, 1.807) is 6.07 Å². The lowest BCUT2D eigenvalue weighted by molar-refractivity contribution is -0.137. The highest BCUT2D eigenvalue weighted by atomic mass is 35.5. The predicted molar refractivity (Wildman–Crippen MR) is 70.9 cm³/mol. The Bertz CT molecular complexity index is 720. The lowest BCUT2D eigenvalue weighted by Crippen LogP contribution is -2.05. The maximum absolute atomic E-state index is 13.4. The minimum Gasteiger partial charge on any atom is -0.355 e. The highest BCUT2D eigenvalue weighted by Gasteiger charge is 2.31. The second-order valence-corrected chi connectivity index (χ2v) is 4.59. The molecule has 0 amide bonds. The van der Waals surface area contributed by atoms with Crippen LogP contribution in [0.25, 0.3) is 0 Å². The van der Waals surface area contributed by atoms with Crippen molar-refractivity contribution in [2.75, 3.05) is 5.32 Å². The number of halogens is 5. The van der Waals surface area contributed by atoms with E-state index in [4.69, 9.17) is 16.9 Å². The van der Waals surface area contributed by atoms with E-state index < -0.39 is 17.6 Å². The quantitative estimate of drug-likeness (QED) is 0.782. The van der Waals surface area contributed by atoms with E-state index in [9.17, 15) is 17.6 Å². The van der Waals surface area contributed by atoms with Gasteiger partial charge in [0, 0.05) is 16.4 Å². The van der Waals surface area contributed by atoms with Crippen molar-refractivity contribution >= 4 is 23.0 Å². The maximum atomic E-state index is 13.4. The molecule has 1 N–H and O–H groups in total. The second kappa shape index (κ2) is 5.62. The topological polar surface area (TPSA) is 35.8 Å². The number of benzene rings is 2. The van der Waals surface area contributed by atoms with Gasteiger partial charge in [-0.25, -0.2) is 4.39 Å². The molecule has 2 aromatic carbocycles. The summed E-state index contributed by atoms with van der Waals surface area (Å²) in [6.07, 6.45) is -4.53. The van der Waals surface area contributed by atoms with Crippen molar-refractivity contribution in [3.8, 4) is 6.07 Å². The van der Waals surface area contributed by atoms with Crippen molar-refractivity contribution in [1.82, 2.24) is 0 Å². The molecular weight excluding hydrogens is 308 g/mol. The molecule has 0 fully saturated rings. The monoisotopic (exact) mass is 314 g/mol. The maximum Gasteiger partial charge on any atom is 0.416 e. The summed E-state index contributed by atoms with van der Waals surface area (Å²) < 4.78 is 51.4. The molecule has 0 aliphatic rings. The Labute approximate surface area is 122 Å². The first-order chi connectivity index (χ1) is 9.79. The van der Waals surface area contributed by atoms with Gasteiger partial charge in [0.05, 0.1) is 11.1 Å². The first-order valence-electron chi connectivity index (χ1n) is 5.64. The number of hydrogen-bond donors (Lipinski definition) is 1. The number of anilines is 2. The third-order valence-electron chi connectivity index (χ3n) is 2.60. The lowest BCUT2D eigenvalue weighted by Gasteiger charge is -2.12. The number of nitriles is 1. The van der Waals surface area contributed by atoms with E-state index in [0.29, 0.717) is 0 Å². The van der Waals surface area contributed by atoms with Crippen LogP contribution in [0.15, 0.2) is 36.4 Å². The van der Waals surface area contributed by atoms with Crippen LogP contribution in [0.2, 0.25) is 5.02 Å². The molecule has 0 aliphatic carbocycles. The molecule has 0 saturated carbocycles. The van der Waals surface area contributed by atoms with Gasteiger partial charge in [0.15, 0.2) is 0 Å². The van der Waals surface area contributed by atoms with Crippen molar-refractivity contribution in [2.45, 2.75) is 6.18 Å². The first-order valence-corrected chi connectivity index (χ1v) is 6.02. The minimum absolute atomic E-state index is 0.0685. The second-order valence-electron chi connectivity index (χ2n) is 4.16. The Balaban J connectivity index is 2.34. The van der Waals surface area contributed by atoms with Crippen LogP contribution in [0.5, 0.6) is 0 Å². The van der Waals surface area contributed by atoms with Gasteiger partial charge in [0.25, 0.3) is 0 Å². The number of rotatable bonds is 2. The molecule has 2 aromatic rings. The largest absolute Gasteiger partial charge is 0.416 e. The molecule has 0 radical (unpaired) electrons. The van der Waals surface area contributed by atoms with Gasteiger partial charge in [-0.2, -0.15) is 18.4 Å². The molecule has 2 nitrogen and oxygen atoms in total. The van der Waals surface area contributed by atoms with Gasteiger partial charge >= 0.3 is 6.18 Å². The van der Waals surface area contributed by atoms with E-state index in [0.717, 1.165) is 18.2 Å². The van der Waals surface area contributed by atoms with Crippen molar-refractivity contribution in [1.29, 1.82) is 5.26 Å². The lowest BCUT2D eigenvalue weighted by atomic mass is 10.1. The summed E-state index contributed by atoms with van der Waals surface area (Å²) in [7, 11) is 0. The van der Waals surface area contributed by atoms with Gasteiger partial charge in [-0.15, -0.1) is 0 Å². The molecule has 0 saturated heterocycles. The average Bonchev–Trinajstić information content (AvgIpc) is 2.37. The van der Waals surface area contributed by atoms with E-state index in [1.807, 2.05) is 0 Å². The molecule has 0 aromatic heterocycles. The third kappa shape index (κ3) is 3.64. The molecule has 0 unspecified atom stereocenters. The molecule has 7 heteroatoms. The van der Waals surface area contributed by atoms with E-state index in [2.05, 4.69) is 5.32 Å². The number of alkyl halides is 3. The molecule has 0 atom stereocenters. The Morgan fingerprint density at radius 3 is 2.33 bits per heavy atom. The van der Waals surface area contributed by atoms with Crippen molar-refractivity contribution in [3.63, 3.8) is 0 Å². The fraction of sp³-hybridized carbons (Fsp3) is 0.0714. The van der Waals surface area contributed by atoms with Gasteiger partial charge in [-0.05, 0) is 36.4 Å². The Morgan fingerprint density at radius 1 is 1.05 bits per heavy atom. The van der Waals surface area contributed by atoms with Gasteiger partial charge in [0.2, 0.25) is 0 Å². The number of hydrogen-bond acceptors (Lipinski definition) is 2. The first kappa shape index (κ1) is 15.1. The fourth-order valence-corrected chi connectivity index (χ4v) is 1.91. The van der Waals surface area contributed by atoms with Crippen molar-refractivity contribution in [2.24, 2.45) is 0 Å². The van der Waals surface area contributed by atoms with Crippen LogP contribution in [-0.2, 0) is 6.18 Å². The summed E-state index contributed by atoms with van der Waals surface area (Å²) in [5, 5.41) is 11.1. The van der Waals surface area contributed by atoms with Crippen LogP contribution in [0, 0.1) is 17.1 Å². The summed E-state index contributed by atoms with van der Waals surface area (Å²) in [6, 6.07) is 8.23. The Morgan fingerprint density at radius 2 is 1.76 bits per heavy atom. The van der Waals surface area contributed by atoms with Gasteiger partial charge in [-0.1, -0.05) is 11.6 Å². The van der Waals surface area contributed by atoms with E-state index >= 15 is 0 Å². The Hall–Kier alpha value is -2.26. The zero-order chi connectivity index (χ0) is 15.6. The molecular formula is C14H7ClF4N2.